The van der Waals surface area contributed by atoms with Gasteiger partial charge in [0.05, 0.1) is 0 Å². The smallest absolute Gasteiger partial charge is 0.239 e. The Morgan fingerprint density at radius 3 is 2.42 bits per heavy atom. The van der Waals surface area contributed by atoms with Gasteiger partial charge in [0.15, 0.2) is 0 Å². The lowest BCUT2D eigenvalue weighted by Gasteiger charge is -2.01. The third-order valence-corrected chi connectivity index (χ3v) is 2.52. The van der Waals surface area contributed by atoms with Crippen molar-refractivity contribution in [3.05, 3.63) is 23.5 Å². The zero-order valence-electron chi connectivity index (χ0n) is 6.90. The number of pyridine rings is 1. The van der Waals surface area contributed by atoms with Crippen molar-refractivity contribution in [3.63, 3.8) is 0 Å². The Morgan fingerprint density at radius 1 is 1.42 bits per heavy atom. The maximum atomic E-state index is 10.8. The summed E-state index contributed by atoms with van der Waals surface area (Å²) >= 11 is 0. The van der Waals surface area contributed by atoms with Gasteiger partial charge in [0.25, 0.3) is 0 Å². The number of sulfonamides is 1. The summed E-state index contributed by atoms with van der Waals surface area (Å²) in [6, 6.07) is 1.51. The molecule has 1 aromatic heterocycles. The van der Waals surface area contributed by atoms with Gasteiger partial charge >= 0.3 is 0 Å². The molecule has 0 amide bonds. The molecule has 66 valence electrons. The first-order valence-corrected chi connectivity index (χ1v) is 4.92. The molecule has 12 heavy (non-hydrogen) atoms. The van der Waals surface area contributed by atoms with E-state index in [2.05, 4.69) is 4.98 Å². The third-order valence-electron chi connectivity index (χ3n) is 1.64. The maximum absolute atomic E-state index is 10.8. The average molecular weight is 186 g/mol. The predicted octanol–water partition coefficient (Wildman–Crippen LogP) is 0.346. The van der Waals surface area contributed by atoms with Crippen molar-refractivity contribution in [2.24, 2.45) is 5.14 Å². The lowest BCUT2D eigenvalue weighted by Crippen LogP contribution is -2.12. The molecule has 0 unspecified atom stereocenters. The quantitative estimate of drug-likeness (QED) is 0.687. The molecule has 0 saturated heterocycles. The van der Waals surface area contributed by atoms with E-state index < -0.39 is 10.0 Å². The van der Waals surface area contributed by atoms with E-state index in [0.717, 1.165) is 11.3 Å². The fourth-order valence-electron chi connectivity index (χ4n) is 0.773. The fraction of sp³-hybridized carbons (Fsp3) is 0.286. The summed E-state index contributed by atoms with van der Waals surface area (Å²) in [7, 11) is -3.60. The molecular weight excluding hydrogens is 176 g/mol. The first-order chi connectivity index (χ1) is 5.41. The van der Waals surface area contributed by atoms with Crippen LogP contribution in [0, 0.1) is 13.8 Å². The minimum absolute atomic E-state index is 0.0607. The minimum atomic E-state index is -3.60. The van der Waals surface area contributed by atoms with E-state index in [1.165, 1.54) is 12.3 Å². The number of hydrogen-bond donors (Lipinski definition) is 1. The topological polar surface area (TPSA) is 73.1 Å². The van der Waals surface area contributed by atoms with Gasteiger partial charge in [0.2, 0.25) is 10.0 Å². The van der Waals surface area contributed by atoms with Crippen LogP contribution in [0.4, 0.5) is 0 Å². The van der Waals surface area contributed by atoms with Crippen molar-refractivity contribution >= 4 is 10.0 Å². The summed E-state index contributed by atoms with van der Waals surface area (Å²) in [5.41, 5.74) is 1.63. The van der Waals surface area contributed by atoms with E-state index in [9.17, 15) is 8.42 Å². The highest BCUT2D eigenvalue weighted by Gasteiger charge is 2.08. The van der Waals surface area contributed by atoms with Gasteiger partial charge in [-0.15, -0.1) is 0 Å². The summed E-state index contributed by atoms with van der Waals surface area (Å²) in [5, 5.41) is 4.91. The molecule has 0 radical (unpaired) electrons. The Balaban J connectivity index is 3.33. The van der Waals surface area contributed by atoms with E-state index in [-0.39, 0.29) is 4.90 Å². The Morgan fingerprint density at radius 2 is 2.00 bits per heavy atom. The summed E-state index contributed by atoms with van der Waals surface area (Å²) < 4.78 is 21.7. The van der Waals surface area contributed by atoms with Crippen molar-refractivity contribution in [2.45, 2.75) is 18.7 Å². The first-order valence-electron chi connectivity index (χ1n) is 3.37. The second-order valence-electron chi connectivity index (χ2n) is 2.62. The van der Waals surface area contributed by atoms with E-state index in [4.69, 9.17) is 5.14 Å². The second kappa shape index (κ2) is 2.84. The van der Waals surface area contributed by atoms with Crippen LogP contribution in [0.15, 0.2) is 17.2 Å². The Bertz CT molecular complexity index is 398. The molecule has 5 heteroatoms. The van der Waals surface area contributed by atoms with Gasteiger partial charge in [0.1, 0.15) is 4.90 Å². The van der Waals surface area contributed by atoms with Crippen LogP contribution in [0.3, 0.4) is 0 Å². The molecule has 0 aliphatic heterocycles. The van der Waals surface area contributed by atoms with Gasteiger partial charge in [-0.2, -0.15) is 0 Å². The molecule has 0 bridgehead atoms. The SMILES string of the molecule is Cc1cc(S(N)(=O)=O)cnc1C. The standard InChI is InChI=1S/C7H10N2O2S/c1-5-3-7(12(8,10)11)4-9-6(5)2/h3-4H,1-2H3,(H2,8,10,11). The van der Waals surface area contributed by atoms with Crippen LogP contribution in [0.5, 0.6) is 0 Å². The van der Waals surface area contributed by atoms with Crippen LogP contribution in [-0.2, 0) is 10.0 Å². The molecular formula is C7H10N2O2S. The largest absolute Gasteiger partial charge is 0.260 e. The molecule has 1 rings (SSSR count). The zero-order chi connectivity index (χ0) is 9.35. The van der Waals surface area contributed by atoms with Crippen molar-refractivity contribution in [2.75, 3.05) is 0 Å². The van der Waals surface area contributed by atoms with Gasteiger partial charge in [-0.05, 0) is 25.5 Å². The van der Waals surface area contributed by atoms with Crippen molar-refractivity contribution in [3.8, 4) is 0 Å². The number of aromatic nitrogens is 1. The summed E-state index contributed by atoms with van der Waals surface area (Å²) in [5.74, 6) is 0. The molecule has 4 nitrogen and oxygen atoms in total. The number of aryl methyl sites for hydroxylation is 2. The molecule has 1 aromatic rings. The monoisotopic (exact) mass is 186 g/mol. The van der Waals surface area contributed by atoms with Crippen molar-refractivity contribution in [1.82, 2.24) is 4.98 Å². The average Bonchev–Trinajstić information content (AvgIpc) is 1.92. The van der Waals surface area contributed by atoms with Crippen molar-refractivity contribution in [1.29, 1.82) is 0 Å². The number of rotatable bonds is 1. The van der Waals surface area contributed by atoms with Crippen LogP contribution >= 0.6 is 0 Å². The second-order valence-corrected chi connectivity index (χ2v) is 4.18. The fourth-order valence-corrected chi connectivity index (χ4v) is 1.31. The van der Waals surface area contributed by atoms with Crippen LogP contribution in [0.2, 0.25) is 0 Å². The molecule has 0 spiro atoms. The first kappa shape index (κ1) is 9.15. The molecule has 2 N–H and O–H groups in total. The normalized spacial score (nSPS) is 11.6. The molecule has 0 aliphatic rings. The summed E-state index contributed by atoms with van der Waals surface area (Å²) in [4.78, 5) is 3.95. The lowest BCUT2D eigenvalue weighted by molar-refractivity contribution is 0.597. The van der Waals surface area contributed by atoms with E-state index in [1.807, 2.05) is 6.92 Å². The van der Waals surface area contributed by atoms with Gasteiger partial charge in [-0.1, -0.05) is 0 Å². The van der Waals surface area contributed by atoms with E-state index >= 15 is 0 Å². The number of nitrogens with two attached hydrogens (primary N) is 1. The Kier molecular flexibility index (Phi) is 2.16. The third kappa shape index (κ3) is 1.80. The van der Waals surface area contributed by atoms with Crippen LogP contribution < -0.4 is 5.14 Å². The summed E-state index contributed by atoms with van der Waals surface area (Å²) in [6.45, 7) is 3.60. The Hall–Kier alpha value is -0.940. The van der Waals surface area contributed by atoms with E-state index in [1.54, 1.807) is 6.92 Å². The highest BCUT2D eigenvalue weighted by molar-refractivity contribution is 7.89. The van der Waals surface area contributed by atoms with Crippen molar-refractivity contribution < 1.29 is 8.42 Å². The van der Waals surface area contributed by atoms with Gasteiger partial charge in [-0.3, -0.25) is 4.98 Å². The maximum Gasteiger partial charge on any atom is 0.239 e. The molecule has 0 fully saturated rings. The number of hydrogen-bond acceptors (Lipinski definition) is 3. The molecule has 0 aliphatic carbocycles. The summed E-state index contributed by atoms with van der Waals surface area (Å²) in [6.07, 6.45) is 1.26. The molecule has 1 heterocycles. The Labute approximate surface area is 71.5 Å². The zero-order valence-corrected chi connectivity index (χ0v) is 7.72. The molecule has 0 aromatic carbocycles. The highest BCUT2D eigenvalue weighted by Crippen LogP contribution is 2.09. The van der Waals surface area contributed by atoms with E-state index in [0.29, 0.717) is 0 Å². The van der Waals surface area contributed by atoms with Gasteiger partial charge in [-0.25, -0.2) is 13.6 Å². The number of primary sulfonamides is 1. The lowest BCUT2D eigenvalue weighted by atomic mass is 10.2. The number of nitrogens with zero attached hydrogens (tertiary/aromatic N) is 1. The van der Waals surface area contributed by atoms with Crippen LogP contribution in [-0.4, -0.2) is 13.4 Å². The minimum Gasteiger partial charge on any atom is -0.260 e. The molecule has 0 atom stereocenters. The predicted molar refractivity (Wildman–Crippen MR) is 45.1 cm³/mol. The van der Waals surface area contributed by atoms with Crippen LogP contribution in [0.1, 0.15) is 11.3 Å². The van der Waals surface area contributed by atoms with Crippen LogP contribution in [0.25, 0.3) is 0 Å². The van der Waals surface area contributed by atoms with Gasteiger partial charge < -0.3 is 0 Å². The molecule has 0 saturated carbocycles. The highest BCUT2D eigenvalue weighted by atomic mass is 32.2. The van der Waals surface area contributed by atoms with Gasteiger partial charge in [0, 0.05) is 11.9 Å².